The molecule has 0 aromatic heterocycles. The predicted octanol–water partition coefficient (Wildman–Crippen LogP) is 5.19. The summed E-state index contributed by atoms with van der Waals surface area (Å²) in [5, 5.41) is 0. The van der Waals surface area contributed by atoms with Crippen LogP contribution >= 0.6 is 0 Å². The van der Waals surface area contributed by atoms with E-state index >= 15 is 0 Å². The summed E-state index contributed by atoms with van der Waals surface area (Å²) < 4.78 is 0. The van der Waals surface area contributed by atoms with E-state index in [4.69, 9.17) is 0 Å². The molecule has 0 aliphatic rings. The Hall–Kier alpha value is -2.27. The maximum absolute atomic E-state index is 12.9. The Labute approximate surface area is 156 Å². The first-order valence-corrected chi connectivity index (χ1v) is 7.72. The van der Waals surface area contributed by atoms with Gasteiger partial charge >= 0.3 is 0 Å². The van der Waals surface area contributed by atoms with Crippen molar-refractivity contribution in [2.24, 2.45) is 0 Å². The third-order valence-corrected chi connectivity index (χ3v) is 3.71. The van der Waals surface area contributed by atoms with Gasteiger partial charge in [-0.1, -0.05) is 91.0 Å². The van der Waals surface area contributed by atoms with E-state index in [0.717, 1.165) is 22.3 Å². The van der Waals surface area contributed by atoms with Crippen LogP contribution in [0.25, 0.3) is 6.08 Å². The molecule has 0 heterocycles. The van der Waals surface area contributed by atoms with Gasteiger partial charge in [-0.3, -0.25) is 4.79 Å². The van der Waals surface area contributed by atoms with Crippen LogP contribution in [0.3, 0.4) is 0 Å². The van der Waals surface area contributed by atoms with E-state index < -0.39 is 0 Å². The van der Waals surface area contributed by atoms with Crippen molar-refractivity contribution in [3.63, 3.8) is 0 Å². The van der Waals surface area contributed by atoms with Crippen LogP contribution in [0.15, 0.2) is 96.6 Å². The van der Waals surface area contributed by atoms with Gasteiger partial charge in [0.25, 0.3) is 0 Å². The second-order valence-corrected chi connectivity index (χ2v) is 5.44. The fourth-order valence-corrected chi connectivity index (χ4v) is 2.54. The number of allylic oxidation sites excluding steroid dienone is 1. The van der Waals surface area contributed by atoms with E-state index in [2.05, 4.69) is 12.1 Å². The number of carbonyl (C=O) groups excluding carboxylic acids is 1. The van der Waals surface area contributed by atoms with Crippen molar-refractivity contribution in [1.29, 1.82) is 0 Å². The van der Waals surface area contributed by atoms with Crippen LogP contribution in [-0.2, 0) is 26.8 Å². The number of benzene rings is 3. The van der Waals surface area contributed by atoms with E-state index in [9.17, 15) is 4.79 Å². The standard InChI is InChI=1S/C22H18O.Pd/c23-22(20-14-8-3-9-15-20)21(16-18-10-4-1-5-11-18)17-19-12-6-2-7-13-19;/h1-16H,17H2;. The number of carbonyl (C=O) groups is 1. The summed E-state index contributed by atoms with van der Waals surface area (Å²) >= 11 is 0. The van der Waals surface area contributed by atoms with Gasteiger partial charge in [0.05, 0.1) is 0 Å². The van der Waals surface area contributed by atoms with Crippen molar-refractivity contribution < 1.29 is 25.2 Å². The zero-order valence-corrected chi connectivity index (χ0v) is 14.7. The molecule has 0 aliphatic carbocycles. The van der Waals surface area contributed by atoms with Gasteiger partial charge < -0.3 is 0 Å². The molecule has 3 rings (SSSR count). The summed E-state index contributed by atoms with van der Waals surface area (Å²) in [6.45, 7) is 0. The molecule has 3 aromatic carbocycles. The quantitative estimate of drug-likeness (QED) is 0.325. The molecule has 1 nitrogen and oxygen atoms in total. The van der Waals surface area contributed by atoms with E-state index in [1.165, 1.54) is 0 Å². The molecule has 0 radical (unpaired) electrons. The maximum atomic E-state index is 12.9. The van der Waals surface area contributed by atoms with E-state index in [0.29, 0.717) is 6.42 Å². The molecule has 0 saturated heterocycles. The van der Waals surface area contributed by atoms with Crippen molar-refractivity contribution in [2.45, 2.75) is 6.42 Å². The Bertz CT molecular complexity index is 793. The monoisotopic (exact) mass is 404 g/mol. The van der Waals surface area contributed by atoms with Gasteiger partial charge in [-0.05, 0) is 17.2 Å². The van der Waals surface area contributed by atoms with E-state index in [1.807, 2.05) is 84.9 Å². The van der Waals surface area contributed by atoms with Crippen molar-refractivity contribution in [1.82, 2.24) is 0 Å². The predicted molar refractivity (Wildman–Crippen MR) is 95.3 cm³/mol. The van der Waals surface area contributed by atoms with Crippen LogP contribution in [0.2, 0.25) is 0 Å². The van der Waals surface area contributed by atoms with E-state index in [-0.39, 0.29) is 26.2 Å². The normalized spacial score (nSPS) is 10.8. The Kier molecular flexibility index (Phi) is 6.88. The molecular formula is C22H18OPd. The van der Waals surface area contributed by atoms with Gasteiger partial charge in [-0.25, -0.2) is 0 Å². The topological polar surface area (TPSA) is 17.1 Å². The Morgan fingerprint density at radius 2 is 1.21 bits per heavy atom. The Morgan fingerprint density at radius 3 is 1.79 bits per heavy atom. The smallest absolute Gasteiger partial charge is 0.189 e. The molecule has 3 aromatic rings. The van der Waals surface area contributed by atoms with Crippen LogP contribution in [0, 0.1) is 0 Å². The van der Waals surface area contributed by atoms with Crippen LogP contribution in [0.4, 0.5) is 0 Å². The largest absolute Gasteiger partial charge is 0.289 e. The number of hydrogen-bond donors (Lipinski definition) is 0. The zero-order chi connectivity index (χ0) is 15.9. The van der Waals surface area contributed by atoms with Gasteiger partial charge in [0, 0.05) is 38.0 Å². The number of ketones is 1. The molecule has 0 saturated carbocycles. The zero-order valence-electron chi connectivity index (χ0n) is 13.2. The Morgan fingerprint density at radius 1 is 0.708 bits per heavy atom. The number of rotatable bonds is 5. The minimum atomic E-state index is 0. The van der Waals surface area contributed by atoms with Gasteiger partial charge in [-0.2, -0.15) is 0 Å². The molecule has 0 aliphatic heterocycles. The molecule has 24 heavy (non-hydrogen) atoms. The van der Waals surface area contributed by atoms with E-state index in [1.54, 1.807) is 0 Å². The van der Waals surface area contributed by atoms with Crippen molar-refractivity contribution in [2.75, 3.05) is 0 Å². The number of Topliss-reactive ketones (excluding diaryl/α,β-unsaturated/α-hetero) is 1. The van der Waals surface area contributed by atoms with Crippen molar-refractivity contribution in [3.8, 4) is 0 Å². The fraction of sp³-hybridized carbons (Fsp3) is 0.0455. The third kappa shape index (κ3) is 4.86. The molecule has 0 amide bonds. The van der Waals surface area contributed by atoms with Gasteiger partial charge in [0.1, 0.15) is 0 Å². The summed E-state index contributed by atoms with van der Waals surface area (Å²) in [6, 6.07) is 29.5. The van der Waals surface area contributed by atoms with Gasteiger partial charge in [0.2, 0.25) is 0 Å². The molecule has 122 valence electrons. The molecule has 0 atom stereocenters. The summed E-state index contributed by atoms with van der Waals surface area (Å²) in [5.41, 5.74) is 3.71. The van der Waals surface area contributed by atoms with Crippen LogP contribution in [-0.4, -0.2) is 5.78 Å². The molecule has 0 fully saturated rings. The maximum Gasteiger partial charge on any atom is 0.189 e. The minimum Gasteiger partial charge on any atom is -0.289 e. The van der Waals surface area contributed by atoms with Crippen molar-refractivity contribution in [3.05, 3.63) is 113 Å². The number of hydrogen-bond acceptors (Lipinski definition) is 1. The summed E-state index contributed by atoms with van der Waals surface area (Å²) in [4.78, 5) is 12.9. The summed E-state index contributed by atoms with van der Waals surface area (Å²) in [7, 11) is 0. The Balaban J connectivity index is 0.00000208. The molecule has 0 unspecified atom stereocenters. The van der Waals surface area contributed by atoms with Crippen molar-refractivity contribution >= 4 is 11.9 Å². The SMILES string of the molecule is O=C(C(=Cc1ccccc1)Cc1ccccc1)c1ccccc1.[Pd]. The third-order valence-electron chi connectivity index (χ3n) is 3.71. The molecular weight excluding hydrogens is 387 g/mol. The first kappa shape index (κ1) is 18.1. The second kappa shape index (κ2) is 9.13. The first-order valence-electron chi connectivity index (χ1n) is 7.72. The fourth-order valence-electron chi connectivity index (χ4n) is 2.54. The summed E-state index contributed by atoms with van der Waals surface area (Å²) in [5.74, 6) is 0.0818. The molecule has 0 bridgehead atoms. The summed E-state index contributed by atoms with van der Waals surface area (Å²) in [6.07, 6.45) is 2.62. The average Bonchev–Trinajstić information content (AvgIpc) is 2.63. The molecule has 0 spiro atoms. The van der Waals surface area contributed by atoms with Gasteiger partial charge in [-0.15, -0.1) is 0 Å². The first-order chi connectivity index (χ1) is 11.3. The molecule has 0 N–H and O–H groups in total. The second-order valence-electron chi connectivity index (χ2n) is 5.44. The van der Waals surface area contributed by atoms with Crippen LogP contribution < -0.4 is 0 Å². The minimum absolute atomic E-state index is 0. The average molecular weight is 405 g/mol. The van der Waals surface area contributed by atoms with Crippen LogP contribution in [0.1, 0.15) is 21.5 Å². The molecule has 2 heteroatoms. The van der Waals surface area contributed by atoms with Gasteiger partial charge in [0.15, 0.2) is 5.78 Å². The van der Waals surface area contributed by atoms with Crippen LogP contribution in [0.5, 0.6) is 0 Å².